The summed E-state index contributed by atoms with van der Waals surface area (Å²) < 4.78 is 13.1. The van der Waals surface area contributed by atoms with Crippen molar-refractivity contribution in [1.29, 1.82) is 0 Å². The van der Waals surface area contributed by atoms with Gasteiger partial charge in [0.2, 0.25) is 0 Å². The first-order chi connectivity index (χ1) is 8.08. The van der Waals surface area contributed by atoms with Crippen LogP contribution in [0.15, 0.2) is 18.2 Å². The number of rotatable bonds is 1. The Bertz CT molecular complexity index is 425. The highest BCUT2D eigenvalue weighted by atomic mass is 19.1. The number of phenolic OH excluding ortho intramolecular Hbond substituents is 1. The zero-order valence-corrected chi connectivity index (χ0v) is 9.82. The van der Waals surface area contributed by atoms with Crippen molar-refractivity contribution in [3.05, 3.63) is 29.6 Å². The number of hydrogen-bond acceptors (Lipinski definition) is 2. The molecule has 1 N–H and O–H groups in total. The third-order valence-electron chi connectivity index (χ3n) is 3.26. The van der Waals surface area contributed by atoms with Gasteiger partial charge in [-0.3, -0.25) is 4.79 Å². The van der Waals surface area contributed by atoms with Gasteiger partial charge >= 0.3 is 0 Å². The SMILES string of the molecule is CC1CCN(C(=O)c2cc(F)ccc2O)CC1. The highest BCUT2D eigenvalue weighted by Crippen LogP contribution is 2.23. The molecule has 1 aromatic rings. The molecule has 4 heteroatoms. The van der Waals surface area contributed by atoms with Crippen molar-refractivity contribution in [2.45, 2.75) is 19.8 Å². The van der Waals surface area contributed by atoms with Crippen LogP contribution in [0.3, 0.4) is 0 Å². The van der Waals surface area contributed by atoms with Crippen molar-refractivity contribution in [2.75, 3.05) is 13.1 Å². The molecule has 92 valence electrons. The van der Waals surface area contributed by atoms with Gasteiger partial charge < -0.3 is 10.0 Å². The molecule has 0 atom stereocenters. The fourth-order valence-electron chi connectivity index (χ4n) is 2.06. The Morgan fingerprint density at radius 1 is 1.41 bits per heavy atom. The van der Waals surface area contributed by atoms with Crippen LogP contribution in [0.1, 0.15) is 30.1 Å². The third kappa shape index (κ3) is 2.57. The van der Waals surface area contributed by atoms with Crippen molar-refractivity contribution < 1.29 is 14.3 Å². The van der Waals surface area contributed by atoms with E-state index in [0.29, 0.717) is 19.0 Å². The van der Waals surface area contributed by atoms with Crippen LogP contribution >= 0.6 is 0 Å². The monoisotopic (exact) mass is 237 g/mol. The van der Waals surface area contributed by atoms with E-state index in [1.807, 2.05) is 0 Å². The summed E-state index contributed by atoms with van der Waals surface area (Å²) in [5.41, 5.74) is 0.0551. The van der Waals surface area contributed by atoms with Gasteiger partial charge in [-0.15, -0.1) is 0 Å². The molecule has 1 aromatic carbocycles. The Morgan fingerprint density at radius 2 is 2.06 bits per heavy atom. The van der Waals surface area contributed by atoms with E-state index in [2.05, 4.69) is 6.92 Å². The van der Waals surface area contributed by atoms with Gasteiger partial charge in [-0.05, 0) is 37.0 Å². The largest absolute Gasteiger partial charge is 0.507 e. The summed E-state index contributed by atoms with van der Waals surface area (Å²) >= 11 is 0. The van der Waals surface area contributed by atoms with Crippen molar-refractivity contribution in [3.63, 3.8) is 0 Å². The lowest BCUT2D eigenvalue weighted by molar-refractivity contribution is 0.0693. The van der Waals surface area contributed by atoms with Crippen LogP contribution in [0, 0.1) is 11.7 Å². The van der Waals surface area contributed by atoms with E-state index in [4.69, 9.17) is 0 Å². The zero-order valence-electron chi connectivity index (χ0n) is 9.82. The Kier molecular flexibility index (Phi) is 3.31. The number of amides is 1. The first kappa shape index (κ1) is 11.9. The molecule has 0 aromatic heterocycles. The standard InChI is InChI=1S/C13H16FNO2/c1-9-4-6-15(7-5-9)13(17)11-8-10(14)2-3-12(11)16/h2-3,8-9,16H,4-7H2,1H3. The maximum Gasteiger partial charge on any atom is 0.257 e. The molecule has 0 unspecified atom stereocenters. The minimum Gasteiger partial charge on any atom is -0.507 e. The maximum atomic E-state index is 13.1. The molecule has 0 aliphatic carbocycles. The molecular formula is C13H16FNO2. The van der Waals surface area contributed by atoms with Crippen LogP contribution in [-0.4, -0.2) is 29.0 Å². The second-order valence-electron chi connectivity index (χ2n) is 4.64. The fraction of sp³-hybridized carbons (Fsp3) is 0.462. The number of halogens is 1. The minimum atomic E-state index is -0.503. The Hall–Kier alpha value is -1.58. The van der Waals surface area contributed by atoms with Crippen LogP contribution in [-0.2, 0) is 0 Å². The Balaban J connectivity index is 2.16. The van der Waals surface area contributed by atoms with Crippen LogP contribution in [0.5, 0.6) is 5.75 Å². The van der Waals surface area contributed by atoms with Crippen LogP contribution in [0.2, 0.25) is 0 Å². The van der Waals surface area contributed by atoms with Crippen molar-refractivity contribution in [3.8, 4) is 5.75 Å². The summed E-state index contributed by atoms with van der Waals surface area (Å²) in [5, 5.41) is 9.57. The third-order valence-corrected chi connectivity index (χ3v) is 3.26. The van der Waals surface area contributed by atoms with Gasteiger partial charge in [0.1, 0.15) is 11.6 Å². The number of piperidine rings is 1. The Morgan fingerprint density at radius 3 is 2.71 bits per heavy atom. The molecule has 17 heavy (non-hydrogen) atoms. The molecule has 3 nitrogen and oxygen atoms in total. The lowest BCUT2D eigenvalue weighted by Crippen LogP contribution is -2.37. The molecule has 0 radical (unpaired) electrons. The lowest BCUT2D eigenvalue weighted by Gasteiger charge is -2.30. The van der Waals surface area contributed by atoms with Gasteiger partial charge in [0.25, 0.3) is 5.91 Å². The predicted octanol–water partition coefficient (Wildman–Crippen LogP) is 2.40. The lowest BCUT2D eigenvalue weighted by atomic mass is 9.98. The van der Waals surface area contributed by atoms with E-state index in [1.165, 1.54) is 6.07 Å². The van der Waals surface area contributed by atoms with Crippen LogP contribution in [0.4, 0.5) is 4.39 Å². The molecule has 0 saturated carbocycles. The normalized spacial score (nSPS) is 17.2. The second kappa shape index (κ2) is 4.73. The Labute approximate surface area is 99.9 Å². The number of aromatic hydroxyl groups is 1. The van der Waals surface area contributed by atoms with Crippen LogP contribution < -0.4 is 0 Å². The molecule has 2 rings (SSSR count). The summed E-state index contributed by atoms with van der Waals surface area (Å²) in [6, 6.07) is 3.45. The summed E-state index contributed by atoms with van der Waals surface area (Å²) in [6.45, 7) is 3.51. The maximum absolute atomic E-state index is 13.1. The summed E-state index contributed by atoms with van der Waals surface area (Å²) in [7, 11) is 0. The highest BCUT2D eigenvalue weighted by molar-refractivity contribution is 5.96. The number of benzene rings is 1. The number of likely N-dealkylation sites (tertiary alicyclic amines) is 1. The molecule has 1 fully saturated rings. The van der Waals surface area contributed by atoms with E-state index in [1.54, 1.807) is 4.90 Å². The smallest absolute Gasteiger partial charge is 0.257 e. The molecule has 1 aliphatic rings. The van der Waals surface area contributed by atoms with Gasteiger partial charge in [-0.25, -0.2) is 4.39 Å². The summed E-state index contributed by atoms with van der Waals surface area (Å²) in [5.74, 6) is -0.319. The number of carbonyl (C=O) groups excluding carboxylic acids is 1. The molecule has 1 heterocycles. The van der Waals surface area contributed by atoms with Crippen LogP contribution in [0.25, 0.3) is 0 Å². The molecule has 0 bridgehead atoms. The average Bonchev–Trinajstić information content (AvgIpc) is 2.32. The fourth-order valence-corrected chi connectivity index (χ4v) is 2.06. The van der Waals surface area contributed by atoms with Crippen molar-refractivity contribution in [1.82, 2.24) is 4.90 Å². The number of nitrogens with zero attached hydrogens (tertiary/aromatic N) is 1. The molecule has 0 spiro atoms. The molecule has 1 saturated heterocycles. The number of hydrogen-bond donors (Lipinski definition) is 1. The quantitative estimate of drug-likeness (QED) is 0.814. The van der Waals surface area contributed by atoms with Gasteiger partial charge in [-0.2, -0.15) is 0 Å². The van der Waals surface area contributed by atoms with Crippen molar-refractivity contribution >= 4 is 5.91 Å². The molecule has 1 amide bonds. The first-order valence-corrected chi connectivity index (χ1v) is 5.85. The van der Waals surface area contributed by atoms with Gasteiger partial charge in [0.15, 0.2) is 0 Å². The van der Waals surface area contributed by atoms with Gasteiger partial charge in [0, 0.05) is 13.1 Å². The topological polar surface area (TPSA) is 40.5 Å². The van der Waals surface area contributed by atoms with E-state index < -0.39 is 5.82 Å². The van der Waals surface area contributed by atoms with Gasteiger partial charge in [0.05, 0.1) is 5.56 Å². The second-order valence-corrected chi connectivity index (χ2v) is 4.64. The number of phenols is 1. The van der Waals surface area contributed by atoms with Crippen molar-refractivity contribution in [2.24, 2.45) is 5.92 Å². The molecule has 1 aliphatic heterocycles. The van der Waals surface area contributed by atoms with E-state index in [0.717, 1.165) is 25.0 Å². The zero-order chi connectivity index (χ0) is 12.4. The number of carbonyl (C=O) groups is 1. The molecular weight excluding hydrogens is 221 g/mol. The average molecular weight is 237 g/mol. The summed E-state index contributed by atoms with van der Waals surface area (Å²) in [4.78, 5) is 13.8. The predicted molar refractivity (Wildman–Crippen MR) is 62.4 cm³/mol. The summed E-state index contributed by atoms with van der Waals surface area (Å²) in [6.07, 6.45) is 1.92. The minimum absolute atomic E-state index is 0.0551. The van der Waals surface area contributed by atoms with E-state index in [-0.39, 0.29) is 17.2 Å². The van der Waals surface area contributed by atoms with Gasteiger partial charge in [-0.1, -0.05) is 6.92 Å². The van der Waals surface area contributed by atoms with E-state index >= 15 is 0 Å². The highest BCUT2D eigenvalue weighted by Gasteiger charge is 2.23. The van der Waals surface area contributed by atoms with E-state index in [9.17, 15) is 14.3 Å². The first-order valence-electron chi connectivity index (χ1n) is 5.85.